The smallest absolute Gasteiger partial charge is 0.155 e. The van der Waals surface area contributed by atoms with Crippen molar-refractivity contribution in [1.82, 2.24) is 0 Å². The maximum absolute atomic E-state index is 13.0. The Hall–Kier alpha value is -1.32. The van der Waals surface area contributed by atoms with Crippen LogP contribution < -0.4 is 0 Å². The summed E-state index contributed by atoms with van der Waals surface area (Å²) in [5, 5.41) is 0. The van der Waals surface area contributed by atoms with Gasteiger partial charge in [0.1, 0.15) is 17.5 Å². The third-order valence-electron chi connectivity index (χ3n) is 1.91. The zero-order chi connectivity index (χ0) is 10.2. The van der Waals surface area contributed by atoms with Crippen molar-refractivity contribution in [1.29, 1.82) is 0 Å². The van der Waals surface area contributed by atoms with E-state index in [-0.39, 0.29) is 17.4 Å². The first-order valence-electron chi connectivity index (χ1n) is 3.59. The SMILES string of the molecule is Cc1c(F)c(C)c(F)c(C=O)c1F. The van der Waals surface area contributed by atoms with E-state index >= 15 is 0 Å². The van der Waals surface area contributed by atoms with Crippen molar-refractivity contribution in [3.63, 3.8) is 0 Å². The van der Waals surface area contributed by atoms with Gasteiger partial charge in [-0.15, -0.1) is 0 Å². The summed E-state index contributed by atoms with van der Waals surface area (Å²) in [4.78, 5) is 10.3. The molecule has 0 bridgehead atoms. The Morgan fingerprint density at radius 1 is 0.923 bits per heavy atom. The number of benzene rings is 1. The van der Waals surface area contributed by atoms with Crippen molar-refractivity contribution in [2.75, 3.05) is 0 Å². The summed E-state index contributed by atoms with van der Waals surface area (Å²) >= 11 is 0. The second-order valence-corrected chi connectivity index (χ2v) is 2.72. The predicted octanol–water partition coefficient (Wildman–Crippen LogP) is 2.53. The molecule has 4 heteroatoms. The molecular weight excluding hydrogens is 181 g/mol. The fourth-order valence-corrected chi connectivity index (χ4v) is 1.08. The van der Waals surface area contributed by atoms with Crippen molar-refractivity contribution in [2.45, 2.75) is 13.8 Å². The van der Waals surface area contributed by atoms with E-state index in [2.05, 4.69) is 0 Å². The van der Waals surface area contributed by atoms with Gasteiger partial charge in [-0.3, -0.25) is 4.79 Å². The summed E-state index contributed by atoms with van der Waals surface area (Å²) in [5.41, 5.74) is -1.38. The Kier molecular flexibility index (Phi) is 2.40. The van der Waals surface area contributed by atoms with E-state index in [0.29, 0.717) is 0 Å². The van der Waals surface area contributed by atoms with Gasteiger partial charge in [0.05, 0.1) is 5.56 Å². The first-order chi connectivity index (χ1) is 6.00. The number of carbonyl (C=O) groups is 1. The zero-order valence-corrected chi connectivity index (χ0v) is 7.12. The van der Waals surface area contributed by atoms with Crippen LogP contribution >= 0.6 is 0 Å². The van der Waals surface area contributed by atoms with E-state index in [1.54, 1.807) is 0 Å². The van der Waals surface area contributed by atoms with Gasteiger partial charge in [0.2, 0.25) is 0 Å². The van der Waals surface area contributed by atoms with Gasteiger partial charge < -0.3 is 0 Å². The standard InChI is InChI=1S/C9H7F3O/c1-4-7(10)5(2)9(12)6(3-13)8(4)11/h3H,1-2H3. The lowest BCUT2D eigenvalue weighted by Crippen LogP contribution is -2.04. The van der Waals surface area contributed by atoms with Crippen LogP contribution in [0.15, 0.2) is 0 Å². The molecule has 0 N–H and O–H groups in total. The molecular formula is C9H7F3O. The van der Waals surface area contributed by atoms with Gasteiger partial charge in [-0.05, 0) is 13.8 Å². The monoisotopic (exact) mass is 188 g/mol. The minimum atomic E-state index is -1.13. The van der Waals surface area contributed by atoms with Gasteiger partial charge in [0.25, 0.3) is 0 Å². The molecule has 0 aromatic heterocycles. The molecule has 0 aliphatic rings. The average molecular weight is 188 g/mol. The van der Waals surface area contributed by atoms with Crippen LogP contribution in [0.1, 0.15) is 21.5 Å². The summed E-state index contributed by atoms with van der Waals surface area (Å²) in [7, 11) is 0. The molecule has 0 saturated carbocycles. The summed E-state index contributed by atoms with van der Waals surface area (Å²) < 4.78 is 39.0. The van der Waals surface area contributed by atoms with E-state index < -0.39 is 23.0 Å². The van der Waals surface area contributed by atoms with E-state index in [1.165, 1.54) is 0 Å². The van der Waals surface area contributed by atoms with Gasteiger partial charge >= 0.3 is 0 Å². The number of hydrogen-bond donors (Lipinski definition) is 0. The molecule has 0 unspecified atom stereocenters. The quantitative estimate of drug-likeness (QED) is 0.619. The van der Waals surface area contributed by atoms with Crippen LogP contribution in [0.2, 0.25) is 0 Å². The van der Waals surface area contributed by atoms with Crippen LogP contribution in [-0.2, 0) is 0 Å². The lowest BCUT2D eigenvalue weighted by atomic mass is 10.1. The third-order valence-corrected chi connectivity index (χ3v) is 1.91. The fourth-order valence-electron chi connectivity index (χ4n) is 1.08. The molecule has 1 rings (SSSR count). The Labute approximate surface area is 73.2 Å². The van der Waals surface area contributed by atoms with Crippen LogP contribution in [0, 0.1) is 31.3 Å². The van der Waals surface area contributed by atoms with E-state index in [4.69, 9.17) is 0 Å². The lowest BCUT2D eigenvalue weighted by Gasteiger charge is -2.06. The van der Waals surface area contributed by atoms with Crippen LogP contribution in [0.4, 0.5) is 13.2 Å². The molecule has 0 aliphatic heterocycles. The largest absolute Gasteiger partial charge is 0.298 e. The van der Waals surface area contributed by atoms with Crippen molar-refractivity contribution in [3.8, 4) is 0 Å². The maximum Gasteiger partial charge on any atom is 0.155 e. The van der Waals surface area contributed by atoms with Crippen molar-refractivity contribution in [3.05, 3.63) is 34.1 Å². The van der Waals surface area contributed by atoms with Crippen molar-refractivity contribution in [2.24, 2.45) is 0 Å². The molecule has 0 amide bonds. The summed E-state index contributed by atoms with van der Waals surface area (Å²) in [6.45, 7) is 2.31. The highest BCUT2D eigenvalue weighted by molar-refractivity contribution is 5.76. The Morgan fingerprint density at radius 3 is 1.62 bits per heavy atom. The topological polar surface area (TPSA) is 17.1 Å². The molecule has 1 aromatic rings. The van der Waals surface area contributed by atoms with Crippen molar-refractivity contribution < 1.29 is 18.0 Å². The highest BCUT2D eigenvalue weighted by Gasteiger charge is 2.19. The van der Waals surface area contributed by atoms with Crippen molar-refractivity contribution >= 4 is 6.29 Å². The highest BCUT2D eigenvalue weighted by atomic mass is 19.1. The highest BCUT2D eigenvalue weighted by Crippen LogP contribution is 2.22. The Bertz CT molecular complexity index is 343. The average Bonchev–Trinajstić information content (AvgIpc) is 2.13. The minimum Gasteiger partial charge on any atom is -0.298 e. The first-order valence-corrected chi connectivity index (χ1v) is 3.59. The number of rotatable bonds is 1. The molecule has 0 fully saturated rings. The first kappa shape index (κ1) is 9.77. The predicted molar refractivity (Wildman–Crippen MR) is 41.2 cm³/mol. The molecule has 70 valence electrons. The Morgan fingerprint density at radius 2 is 1.31 bits per heavy atom. The molecule has 0 heterocycles. The van der Waals surface area contributed by atoms with Crippen LogP contribution in [0.25, 0.3) is 0 Å². The Balaban J connectivity index is 3.66. The molecule has 0 spiro atoms. The van der Waals surface area contributed by atoms with Gasteiger partial charge in [0, 0.05) is 11.1 Å². The number of aldehydes is 1. The summed E-state index contributed by atoms with van der Waals surface area (Å²) in [6.07, 6.45) is 0.0457. The summed E-state index contributed by atoms with van der Waals surface area (Å²) in [6, 6.07) is 0. The number of hydrogen-bond acceptors (Lipinski definition) is 1. The van der Waals surface area contributed by atoms with Crippen LogP contribution in [0.5, 0.6) is 0 Å². The van der Waals surface area contributed by atoms with Gasteiger partial charge in [-0.25, -0.2) is 13.2 Å². The third kappa shape index (κ3) is 1.32. The second kappa shape index (κ2) is 3.20. The fraction of sp³-hybridized carbons (Fsp3) is 0.222. The normalized spacial score (nSPS) is 10.2. The molecule has 0 atom stereocenters. The minimum absolute atomic E-state index is 0.0457. The van der Waals surface area contributed by atoms with Gasteiger partial charge in [0.15, 0.2) is 6.29 Å². The number of carbonyl (C=O) groups excluding carboxylic acids is 1. The van der Waals surface area contributed by atoms with Gasteiger partial charge in [-0.2, -0.15) is 0 Å². The lowest BCUT2D eigenvalue weighted by molar-refractivity contribution is 0.111. The van der Waals surface area contributed by atoms with Gasteiger partial charge in [-0.1, -0.05) is 0 Å². The molecule has 1 nitrogen and oxygen atoms in total. The second-order valence-electron chi connectivity index (χ2n) is 2.72. The molecule has 1 aromatic carbocycles. The molecule has 13 heavy (non-hydrogen) atoms. The molecule has 0 radical (unpaired) electrons. The van der Waals surface area contributed by atoms with Crippen LogP contribution in [-0.4, -0.2) is 6.29 Å². The summed E-state index contributed by atoms with van der Waals surface area (Å²) in [5.74, 6) is -3.20. The van der Waals surface area contributed by atoms with E-state index in [9.17, 15) is 18.0 Å². The van der Waals surface area contributed by atoms with Crippen LogP contribution in [0.3, 0.4) is 0 Å². The van der Waals surface area contributed by atoms with E-state index in [1.807, 2.05) is 0 Å². The molecule has 0 aliphatic carbocycles. The zero-order valence-electron chi connectivity index (χ0n) is 7.12. The van der Waals surface area contributed by atoms with E-state index in [0.717, 1.165) is 13.8 Å². The molecule has 0 saturated heterocycles. The number of halogens is 3. The maximum atomic E-state index is 13.0.